The fraction of sp³-hybridized carbons (Fsp3) is 0.120. The number of hydrogen-bond donors (Lipinski definition) is 2. The van der Waals surface area contributed by atoms with Crippen molar-refractivity contribution in [1.82, 2.24) is 5.32 Å². The number of carbonyl (C=O) groups is 2. The van der Waals surface area contributed by atoms with E-state index in [4.69, 9.17) is 9.47 Å². The minimum atomic E-state index is -1.22. The molecule has 6 heteroatoms. The van der Waals surface area contributed by atoms with Crippen LogP contribution in [0.15, 0.2) is 84.6 Å². The summed E-state index contributed by atoms with van der Waals surface area (Å²) in [4.78, 5) is 23.8. The van der Waals surface area contributed by atoms with Gasteiger partial charge in [0, 0.05) is 5.56 Å². The average molecular weight is 417 g/mol. The highest BCUT2D eigenvalue weighted by Crippen LogP contribution is 2.18. The predicted octanol–water partition coefficient (Wildman–Crippen LogP) is 4.52. The van der Waals surface area contributed by atoms with E-state index in [-0.39, 0.29) is 5.70 Å². The fourth-order valence-corrected chi connectivity index (χ4v) is 2.82. The zero-order valence-corrected chi connectivity index (χ0v) is 17.1. The number of hydrogen-bond acceptors (Lipinski definition) is 4. The van der Waals surface area contributed by atoms with E-state index in [0.717, 1.165) is 11.3 Å². The quantitative estimate of drug-likeness (QED) is 0.500. The van der Waals surface area contributed by atoms with Crippen molar-refractivity contribution in [1.29, 1.82) is 0 Å². The number of amides is 1. The van der Waals surface area contributed by atoms with Gasteiger partial charge < -0.3 is 19.9 Å². The van der Waals surface area contributed by atoms with E-state index < -0.39 is 11.9 Å². The number of benzene rings is 3. The van der Waals surface area contributed by atoms with Crippen LogP contribution >= 0.6 is 0 Å². The lowest BCUT2D eigenvalue weighted by atomic mass is 10.1. The second kappa shape index (κ2) is 10.6. The van der Waals surface area contributed by atoms with Crippen LogP contribution in [0.5, 0.6) is 11.5 Å². The zero-order valence-electron chi connectivity index (χ0n) is 17.1. The Morgan fingerprint density at radius 2 is 1.65 bits per heavy atom. The molecule has 0 atom stereocenters. The van der Waals surface area contributed by atoms with Gasteiger partial charge in [0.05, 0.1) is 6.61 Å². The summed E-state index contributed by atoms with van der Waals surface area (Å²) in [6.07, 6.45) is 1.40. The summed E-state index contributed by atoms with van der Waals surface area (Å²) < 4.78 is 11.3. The van der Waals surface area contributed by atoms with Crippen LogP contribution in [0.2, 0.25) is 0 Å². The molecule has 0 bridgehead atoms. The molecule has 0 spiro atoms. The normalized spacial score (nSPS) is 10.9. The molecule has 0 aliphatic carbocycles. The molecule has 6 nitrogen and oxygen atoms in total. The molecule has 0 aliphatic rings. The van der Waals surface area contributed by atoms with Crippen molar-refractivity contribution in [3.63, 3.8) is 0 Å². The summed E-state index contributed by atoms with van der Waals surface area (Å²) in [5.74, 6) is -0.269. The van der Waals surface area contributed by atoms with Gasteiger partial charge in [-0.25, -0.2) is 4.79 Å². The van der Waals surface area contributed by atoms with E-state index in [1.165, 1.54) is 6.08 Å². The third-order valence-electron chi connectivity index (χ3n) is 4.32. The van der Waals surface area contributed by atoms with Crippen molar-refractivity contribution < 1.29 is 24.2 Å². The van der Waals surface area contributed by atoms with Crippen molar-refractivity contribution in [3.8, 4) is 11.5 Å². The van der Waals surface area contributed by atoms with Crippen LogP contribution in [0, 0.1) is 0 Å². The van der Waals surface area contributed by atoms with Crippen LogP contribution in [0.25, 0.3) is 6.08 Å². The summed E-state index contributed by atoms with van der Waals surface area (Å²) in [6, 6.07) is 23.1. The van der Waals surface area contributed by atoms with Crippen LogP contribution in [-0.2, 0) is 11.4 Å². The number of carboxylic acid groups (broad SMARTS) is 1. The standard InChI is InChI=1S/C25H23NO5/c1-2-30-22-10-6-7-19(15-22)17-31-21-13-11-18(12-14-21)16-23(25(28)29)26-24(27)20-8-4-3-5-9-20/h3-16H,2,17H2,1H3,(H,26,27)(H,28,29). The Morgan fingerprint density at radius 1 is 0.903 bits per heavy atom. The van der Waals surface area contributed by atoms with Gasteiger partial charge >= 0.3 is 5.97 Å². The van der Waals surface area contributed by atoms with Gasteiger partial charge in [-0.05, 0) is 60.5 Å². The van der Waals surface area contributed by atoms with E-state index in [2.05, 4.69) is 5.32 Å². The van der Waals surface area contributed by atoms with Crippen molar-refractivity contribution in [3.05, 3.63) is 101 Å². The molecule has 3 rings (SSSR count). The SMILES string of the molecule is CCOc1cccc(COc2ccc(C=C(NC(=O)c3ccccc3)C(=O)O)cc2)c1. The molecule has 3 aromatic carbocycles. The molecule has 0 radical (unpaired) electrons. The second-order valence-corrected chi connectivity index (χ2v) is 6.62. The number of nitrogens with one attached hydrogen (secondary N) is 1. The van der Waals surface area contributed by atoms with Crippen LogP contribution in [0.3, 0.4) is 0 Å². The van der Waals surface area contributed by atoms with Crippen LogP contribution in [0.4, 0.5) is 0 Å². The van der Waals surface area contributed by atoms with Gasteiger partial charge in [-0.3, -0.25) is 4.79 Å². The van der Waals surface area contributed by atoms with Crippen molar-refractivity contribution >= 4 is 18.0 Å². The van der Waals surface area contributed by atoms with Crippen molar-refractivity contribution in [2.24, 2.45) is 0 Å². The molecule has 158 valence electrons. The number of rotatable bonds is 9. The fourth-order valence-electron chi connectivity index (χ4n) is 2.82. The maximum Gasteiger partial charge on any atom is 0.352 e. The summed E-state index contributed by atoms with van der Waals surface area (Å²) in [5, 5.41) is 11.9. The molecule has 0 fully saturated rings. The molecule has 0 heterocycles. The largest absolute Gasteiger partial charge is 0.494 e. The minimum Gasteiger partial charge on any atom is -0.494 e. The highest BCUT2D eigenvalue weighted by molar-refractivity contribution is 6.02. The summed E-state index contributed by atoms with van der Waals surface area (Å²) in [5.41, 5.74) is 1.77. The van der Waals surface area contributed by atoms with Crippen LogP contribution in [-0.4, -0.2) is 23.6 Å². The molecular weight excluding hydrogens is 394 g/mol. The lowest BCUT2D eigenvalue weighted by Gasteiger charge is -2.09. The minimum absolute atomic E-state index is 0.213. The van der Waals surface area contributed by atoms with E-state index >= 15 is 0 Å². The lowest BCUT2D eigenvalue weighted by Crippen LogP contribution is -2.27. The van der Waals surface area contributed by atoms with Gasteiger partial charge in [0.15, 0.2) is 0 Å². The zero-order chi connectivity index (χ0) is 22.1. The molecule has 31 heavy (non-hydrogen) atoms. The summed E-state index contributed by atoms with van der Waals surface area (Å²) >= 11 is 0. The monoisotopic (exact) mass is 417 g/mol. The Kier molecular flexibility index (Phi) is 7.43. The lowest BCUT2D eigenvalue weighted by molar-refractivity contribution is -0.132. The van der Waals surface area contributed by atoms with E-state index in [9.17, 15) is 14.7 Å². The Bertz CT molecular complexity index is 1060. The third-order valence-corrected chi connectivity index (χ3v) is 4.32. The molecule has 0 saturated heterocycles. The maximum absolute atomic E-state index is 12.2. The van der Waals surface area contributed by atoms with Gasteiger partial charge in [-0.2, -0.15) is 0 Å². The number of carboxylic acids is 1. The molecule has 2 N–H and O–H groups in total. The first-order valence-electron chi connectivity index (χ1n) is 9.81. The molecule has 3 aromatic rings. The number of carbonyl (C=O) groups excluding carboxylic acids is 1. The highest BCUT2D eigenvalue weighted by atomic mass is 16.5. The van der Waals surface area contributed by atoms with Gasteiger partial charge in [0.2, 0.25) is 0 Å². The van der Waals surface area contributed by atoms with E-state index in [1.54, 1.807) is 54.6 Å². The van der Waals surface area contributed by atoms with Gasteiger partial charge in [-0.15, -0.1) is 0 Å². The Hall–Kier alpha value is -4.06. The average Bonchev–Trinajstić information content (AvgIpc) is 2.79. The Morgan fingerprint density at radius 3 is 2.32 bits per heavy atom. The van der Waals surface area contributed by atoms with Crippen LogP contribution < -0.4 is 14.8 Å². The van der Waals surface area contributed by atoms with Gasteiger partial charge in [0.1, 0.15) is 23.8 Å². The Balaban J connectivity index is 1.64. The summed E-state index contributed by atoms with van der Waals surface area (Å²) in [6.45, 7) is 2.91. The van der Waals surface area contributed by atoms with E-state index in [1.807, 2.05) is 31.2 Å². The molecule has 1 amide bonds. The predicted molar refractivity (Wildman–Crippen MR) is 118 cm³/mol. The molecule has 0 aromatic heterocycles. The first-order valence-corrected chi connectivity index (χ1v) is 9.81. The van der Waals surface area contributed by atoms with Gasteiger partial charge in [0.25, 0.3) is 5.91 Å². The highest BCUT2D eigenvalue weighted by Gasteiger charge is 2.13. The summed E-state index contributed by atoms with van der Waals surface area (Å²) in [7, 11) is 0. The molecule has 0 saturated carbocycles. The van der Waals surface area contributed by atoms with Crippen molar-refractivity contribution in [2.75, 3.05) is 6.61 Å². The second-order valence-electron chi connectivity index (χ2n) is 6.62. The smallest absolute Gasteiger partial charge is 0.352 e. The first-order chi connectivity index (χ1) is 15.0. The van der Waals surface area contributed by atoms with Gasteiger partial charge in [-0.1, -0.05) is 42.5 Å². The molecule has 0 aliphatic heterocycles. The first kappa shape index (κ1) is 21.6. The van der Waals surface area contributed by atoms with Crippen molar-refractivity contribution in [2.45, 2.75) is 13.5 Å². The van der Waals surface area contributed by atoms with Crippen LogP contribution in [0.1, 0.15) is 28.4 Å². The van der Waals surface area contributed by atoms with E-state index in [0.29, 0.717) is 30.1 Å². The molecule has 0 unspecified atom stereocenters. The Labute approximate surface area is 180 Å². The number of aliphatic carboxylic acids is 1. The third kappa shape index (κ3) is 6.47. The maximum atomic E-state index is 12.2. The molecular formula is C25H23NO5. The topological polar surface area (TPSA) is 84.9 Å². The number of ether oxygens (including phenoxy) is 2.